The van der Waals surface area contributed by atoms with E-state index in [0.717, 1.165) is 55.7 Å². The van der Waals surface area contributed by atoms with Gasteiger partial charge in [0.1, 0.15) is 0 Å². The summed E-state index contributed by atoms with van der Waals surface area (Å²) in [6, 6.07) is 71.3. The molecule has 0 aliphatic carbocycles. The van der Waals surface area contributed by atoms with Crippen molar-refractivity contribution in [3.8, 4) is 67.3 Å². The van der Waals surface area contributed by atoms with E-state index in [4.69, 9.17) is 9.97 Å². The number of rotatable bonds is 6. The van der Waals surface area contributed by atoms with Crippen LogP contribution in [-0.4, -0.2) is 15.0 Å². The van der Waals surface area contributed by atoms with Gasteiger partial charge in [0, 0.05) is 40.0 Å². The number of aromatic nitrogens is 3. The van der Waals surface area contributed by atoms with Crippen LogP contribution in [0.15, 0.2) is 213 Å². The summed E-state index contributed by atoms with van der Waals surface area (Å²) in [5, 5.41) is 9.76. The Balaban J connectivity index is 1.02. The molecule has 0 N–H and O–H groups in total. The van der Waals surface area contributed by atoms with Crippen molar-refractivity contribution in [2.24, 2.45) is 0 Å². The second-order valence-corrected chi connectivity index (χ2v) is 14.9. The van der Waals surface area contributed by atoms with Crippen molar-refractivity contribution < 1.29 is 0 Å². The Morgan fingerprint density at radius 2 is 0.810 bits per heavy atom. The van der Waals surface area contributed by atoms with Crippen LogP contribution in [0.5, 0.6) is 0 Å². The van der Waals surface area contributed by atoms with Crippen LogP contribution in [-0.2, 0) is 0 Å². The molecule has 0 unspecified atom stereocenters. The number of pyridine rings is 1. The molecule has 2 aromatic heterocycles. The standard InChI is InChI=1S/C55H35N3/c1-2-11-41-30-43(29-20-36(41)10-1)42-14-9-15-45(31-42)54-33-53(39-25-21-38(22-26-39)52-35-56-34-46-13-4-6-17-48(46)52)57-55(58-54)40-27-23-37(24-28-40)51-32-44-12-3-5-16-47(44)49-18-7-8-19-50(49)51/h1-35H. The van der Waals surface area contributed by atoms with Gasteiger partial charge in [-0.15, -0.1) is 0 Å². The molecule has 11 rings (SSSR count). The lowest BCUT2D eigenvalue weighted by Gasteiger charge is -2.13. The second kappa shape index (κ2) is 14.1. The van der Waals surface area contributed by atoms with E-state index < -0.39 is 0 Å². The zero-order valence-electron chi connectivity index (χ0n) is 31.5. The SMILES string of the molecule is c1cc(-c2ccc3ccccc3c2)cc(-c2cc(-c3ccc(-c4cncc5ccccc45)cc3)nc(-c3ccc(-c4cc5ccccc5c5ccccc45)cc3)n2)c1. The summed E-state index contributed by atoms with van der Waals surface area (Å²) in [6.07, 6.45) is 3.87. The van der Waals surface area contributed by atoms with Crippen LogP contribution in [0.1, 0.15) is 0 Å². The Hall–Kier alpha value is -7.75. The third-order valence-electron chi connectivity index (χ3n) is 11.3. The predicted molar refractivity (Wildman–Crippen MR) is 242 cm³/mol. The Labute approximate surface area is 336 Å². The fourth-order valence-corrected chi connectivity index (χ4v) is 8.36. The van der Waals surface area contributed by atoms with E-state index in [1.165, 1.54) is 48.8 Å². The van der Waals surface area contributed by atoms with Crippen molar-refractivity contribution in [2.75, 3.05) is 0 Å². The van der Waals surface area contributed by atoms with Gasteiger partial charge in [0.25, 0.3) is 0 Å². The molecule has 0 saturated carbocycles. The zero-order chi connectivity index (χ0) is 38.4. The number of benzene rings is 9. The highest BCUT2D eigenvalue weighted by atomic mass is 14.9. The van der Waals surface area contributed by atoms with E-state index in [0.29, 0.717) is 5.82 Å². The summed E-state index contributed by atoms with van der Waals surface area (Å²) >= 11 is 0. The Kier molecular flexibility index (Phi) is 8.15. The van der Waals surface area contributed by atoms with Gasteiger partial charge in [-0.05, 0) is 89.8 Å². The minimum absolute atomic E-state index is 0.681. The molecule has 0 atom stereocenters. The molecule has 0 amide bonds. The first-order valence-electron chi connectivity index (χ1n) is 19.7. The number of fused-ring (bicyclic) bond motifs is 5. The summed E-state index contributed by atoms with van der Waals surface area (Å²) in [4.78, 5) is 15.0. The van der Waals surface area contributed by atoms with Crippen molar-refractivity contribution >= 4 is 43.1 Å². The van der Waals surface area contributed by atoms with Gasteiger partial charge < -0.3 is 0 Å². The fourth-order valence-electron chi connectivity index (χ4n) is 8.36. The van der Waals surface area contributed by atoms with Crippen LogP contribution in [0.2, 0.25) is 0 Å². The quantitative estimate of drug-likeness (QED) is 0.160. The fraction of sp³-hybridized carbons (Fsp3) is 0. The van der Waals surface area contributed by atoms with Gasteiger partial charge >= 0.3 is 0 Å². The van der Waals surface area contributed by atoms with Gasteiger partial charge in [0.15, 0.2) is 5.82 Å². The van der Waals surface area contributed by atoms with Crippen LogP contribution < -0.4 is 0 Å². The summed E-state index contributed by atoms with van der Waals surface area (Å²) in [7, 11) is 0. The Morgan fingerprint density at radius 3 is 1.60 bits per heavy atom. The lowest BCUT2D eigenvalue weighted by Crippen LogP contribution is -1.96. The van der Waals surface area contributed by atoms with Crippen molar-refractivity contribution in [1.82, 2.24) is 15.0 Å². The lowest BCUT2D eigenvalue weighted by molar-refractivity contribution is 1.18. The summed E-state index contributed by atoms with van der Waals surface area (Å²) < 4.78 is 0. The number of hydrogen-bond acceptors (Lipinski definition) is 3. The molecule has 0 aliphatic heterocycles. The van der Waals surface area contributed by atoms with E-state index in [1.54, 1.807) is 0 Å². The lowest BCUT2D eigenvalue weighted by atomic mass is 9.93. The second-order valence-electron chi connectivity index (χ2n) is 14.9. The van der Waals surface area contributed by atoms with E-state index in [-0.39, 0.29) is 0 Å². The van der Waals surface area contributed by atoms with E-state index in [9.17, 15) is 0 Å². The van der Waals surface area contributed by atoms with Crippen molar-refractivity contribution in [3.63, 3.8) is 0 Å². The molecule has 58 heavy (non-hydrogen) atoms. The van der Waals surface area contributed by atoms with Crippen LogP contribution in [0, 0.1) is 0 Å². The molecule has 2 heterocycles. The van der Waals surface area contributed by atoms with Gasteiger partial charge in [-0.2, -0.15) is 0 Å². The number of hydrogen-bond donors (Lipinski definition) is 0. The maximum Gasteiger partial charge on any atom is 0.160 e. The average Bonchev–Trinajstić information content (AvgIpc) is 3.31. The molecule has 3 heteroatoms. The molecule has 11 aromatic rings. The minimum atomic E-state index is 0.681. The zero-order valence-corrected chi connectivity index (χ0v) is 31.5. The largest absolute Gasteiger partial charge is 0.263 e. The van der Waals surface area contributed by atoms with Gasteiger partial charge in [-0.25, -0.2) is 9.97 Å². The molecule has 9 aromatic carbocycles. The first kappa shape index (κ1) is 33.6. The van der Waals surface area contributed by atoms with E-state index >= 15 is 0 Å². The third-order valence-corrected chi connectivity index (χ3v) is 11.3. The van der Waals surface area contributed by atoms with Crippen molar-refractivity contribution in [3.05, 3.63) is 213 Å². The highest BCUT2D eigenvalue weighted by Gasteiger charge is 2.14. The minimum Gasteiger partial charge on any atom is -0.263 e. The third kappa shape index (κ3) is 6.07. The van der Waals surface area contributed by atoms with Gasteiger partial charge in [-0.3, -0.25) is 4.98 Å². The van der Waals surface area contributed by atoms with E-state index in [2.05, 4.69) is 205 Å². The van der Waals surface area contributed by atoms with Crippen LogP contribution in [0.4, 0.5) is 0 Å². The molecular formula is C55H35N3. The molecule has 3 nitrogen and oxygen atoms in total. The summed E-state index contributed by atoms with van der Waals surface area (Å²) in [5.74, 6) is 0.681. The Morgan fingerprint density at radius 1 is 0.259 bits per heavy atom. The van der Waals surface area contributed by atoms with Gasteiger partial charge in [-0.1, -0.05) is 176 Å². The molecule has 0 aliphatic rings. The molecule has 0 bridgehead atoms. The van der Waals surface area contributed by atoms with Crippen LogP contribution >= 0.6 is 0 Å². The molecule has 0 saturated heterocycles. The molecule has 0 fully saturated rings. The van der Waals surface area contributed by atoms with Crippen LogP contribution in [0.3, 0.4) is 0 Å². The maximum atomic E-state index is 5.26. The van der Waals surface area contributed by atoms with Gasteiger partial charge in [0.05, 0.1) is 11.4 Å². The highest BCUT2D eigenvalue weighted by molar-refractivity contribution is 6.13. The first-order chi connectivity index (χ1) is 28.7. The summed E-state index contributed by atoms with van der Waals surface area (Å²) in [6.45, 7) is 0. The normalized spacial score (nSPS) is 11.4. The summed E-state index contributed by atoms with van der Waals surface area (Å²) in [5.41, 5.74) is 11.7. The Bertz CT molecular complexity index is 3320. The first-order valence-corrected chi connectivity index (χ1v) is 19.7. The average molecular weight is 738 g/mol. The molecule has 270 valence electrons. The topological polar surface area (TPSA) is 38.7 Å². The highest BCUT2D eigenvalue weighted by Crippen LogP contribution is 2.37. The smallest absolute Gasteiger partial charge is 0.160 e. The van der Waals surface area contributed by atoms with Gasteiger partial charge in [0.2, 0.25) is 0 Å². The monoisotopic (exact) mass is 737 g/mol. The van der Waals surface area contributed by atoms with E-state index in [1.807, 2.05) is 12.4 Å². The molecule has 0 spiro atoms. The van der Waals surface area contributed by atoms with Crippen molar-refractivity contribution in [2.45, 2.75) is 0 Å². The van der Waals surface area contributed by atoms with Crippen LogP contribution in [0.25, 0.3) is 110 Å². The maximum absolute atomic E-state index is 5.26. The number of nitrogens with zero attached hydrogens (tertiary/aromatic N) is 3. The van der Waals surface area contributed by atoms with Crippen molar-refractivity contribution in [1.29, 1.82) is 0 Å². The molecule has 0 radical (unpaired) electrons. The predicted octanol–water partition coefficient (Wildman–Crippen LogP) is 14.5. The molecular weight excluding hydrogens is 703 g/mol.